The molecule has 9 aliphatic rings. The van der Waals surface area contributed by atoms with Crippen LogP contribution in [-0.4, -0.2) is 43.8 Å². The fourth-order valence-corrected chi connectivity index (χ4v) is 12.7. The molecule has 6 nitrogen and oxygen atoms in total. The maximum atomic E-state index is 12.8. The fraction of sp³-hybridized carbons (Fsp3) is 0.667. The van der Waals surface area contributed by atoms with Crippen molar-refractivity contribution in [3.8, 4) is 0 Å². The van der Waals surface area contributed by atoms with Crippen molar-refractivity contribution in [3.63, 3.8) is 0 Å². The molecule has 9 rings (SSSR count). The van der Waals surface area contributed by atoms with Crippen molar-refractivity contribution >= 4 is 17.3 Å². The van der Waals surface area contributed by atoms with Crippen molar-refractivity contribution in [1.82, 2.24) is 0 Å². The second-order valence-corrected chi connectivity index (χ2v) is 17.8. The maximum absolute atomic E-state index is 12.8. The normalized spacial score (nSPS) is 43.0. The molecule has 0 aromatic heterocycles. The lowest BCUT2D eigenvalue weighted by Gasteiger charge is -2.54. The van der Waals surface area contributed by atoms with Crippen LogP contribution in [0.1, 0.15) is 118 Å². The van der Waals surface area contributed by atoms with Crippen molar-refractivity contribution in [3.05, 3.63) is 71.3 Å². The van der Waals surface area contributed by atoms with Gasteiger partial charge in [0, 0.05) is 47.3 Å². The molecule has 51 heavy (non-hydrogen) atoms. The summed E-state index contributed by atoms with van der Waals surface area (Å²) in [5, 5.41) is 0. The minimum absolute atomic E-state index is 0.0448. The number of hydrogen-bond acceptors (Lipinski definition) is 6. The van der Waals surface area contributed by atoms with Gasteiger partial charge in [0.15, 0.2) is 11.6 Å². The van der Waals surface area contributed by atoms with Gasteiger partial charge in [-0.1, -0.05) is 69.2 Å². The quantitative estimate of drug-likeness (QED) is 0.211. The number of Topliss-reactive ketones (excluding diaryl/α,β-unsaturated/α-hetero) is 2. The second-order valence-electron chi connectivity index (χ2n) is 17.8. The van der Waals surface area contributed by atoms with E-state index in [1.807, 2.05) is 6.08 Å². The van der Waals surface area contributed by atoms with E-state index in [9.17, 15) is 14.4 Å². The van der Waals surface area contributed by atoms with Crippen molar-refractivity contribution < 1.29 is 28.6 Å². The molecule has 9 atom stereocenters. The van der Waals surface area contributed by atoms with E-state index >= 15 is 0 Å². The number of methoxy groups -OCH3 is 2. The highest BCUT2D eigenvalue weighted by Gasteiger charge is 2.67. The summed E-state index contributed by atoms with van der Waals surface area (Å²) >= 11 is 0. The molecule has 1 saturated heterocycles. The summed E-state index contributed by atoms with van der Waals surface area (Å²) in [6, 6.07) is 0. The van der Waals surface area contributed by atoms with Crippen LogP contribution in [0.5, 0.6) is 0 Å². The molecular formula is C45H60O6. The van der Waals surface area contributed by atoms with E-state index in [0.29, 0.717) is 60.5 Å². The molecule has 4 fully saturated rings. The third kappa shape index (κ3) is 5.38. The lowest BCUT2D eigenvalue weighted by molar-refractivity contribution is -0.147. The van der Waals surface area contributed by atoms with Gasteiger partial charge in [0.25, 0.3) is 0 Å². The van der Waals surface area contributed by atoms with Crippen LogP contribution in [0.2, 0.25) is 0 Å². The van der Waals surface area contributed by atoms with Gasteiger partial charge >= 0.3 is 0 Å². The number of ketones is 3. The molecule has 1 heterocycles. The smallest absolute Gasteiger partial charge is 0.167 e. The third-order valence-corrected chi connectivity index (χ3v) is 15.8. The number of carbonyl (C=O) groups is 3. The van der Waals surface area contributed by atoms with Gasteiger partial charge in [-0.3, -0.25) is 14.4 Å². The van der Waals surface area contributed by atoms with E-state index in [0.717, 1.165) is 82.8 Å². The predicted molar refractivity (Wildman–Crippen MR) is 199 cm³/mol. The van der Waals surface area contributed by atoms with Crippen LogP contribution in [-0.2, 0) is 28.6 Å². The molecule has 1 spiro atoms. The maximum Gasteiger partial charge on any atom is 0.167 e. The molecule has 3 saturated carbocycles. The van der Waals surface area contributed by atoms with Crippen LogP contribution in [0.25, 0.3) is 0 Å². The number of carbonyl (C=O) groups excluding carboxylic acids is 3. The van der Waals surface area contributed by atoms with Gasteiger partial charge in [-0.05, 0) is 106 Å². The first-order chi connectivity index (χ1) is 24.3. The molecule has 0 amide bonds. The Kier molecular flexibility index (Phi) is 9.37. The Morgan fingerprint density at radius 1 is 0.765 bits per heavy atom. The number of allylic oxidation sites excluding steroid dienone is 10. The Hall–Kier alpha value is -2.99. The average Bonchev–Trinajstić information content (AvgIpc) is 3.77. The number of fused-ring (bicyclic) bond motifs is 11. The number of rotatable bonds is 2. The summed E-state index contributed by atoms with van der Waals surface area (Å²) in [4.78, 5) is 37.0. The fourth-order valence-electron chi connectivity index (χ4n) is 12.7. The molecule has 0 bridgehead atoms. The van der Waals surface area contributed by atoms with Crippen LogP contribution >= 0.6 is 0 Å². The van der Waals surface area contributed by atoms with E-state index in [2.05, 4.69) is 63.3 Å². The largest absolute Gasteiger partial charge is 0.505 e. The number of hydrogen-bond donors (Lipinski definition) is 0. The Labute approximate surface area is 305 Å². The summed E-state index contributed by atoms with van der Waals surface area (Å²) < 4.78 is 16.0. The van der Waals surface area contributed by atoms with Crippen LogP contribution in [0.15, 0.2) is 71.3 Å². The third-order valence-electron chi connectivity index (χ3n) is 15.8. The Balaban J connectivity index is 0.000000145. The van der Waals surface area contributed by atoms with Gasteiger partial charge in [-0.25, -0.2) is 0 Å². The van der Waals surface area contributed by atoms with Crippen molar-refractivity contribution in [2.75, 3.05) is 20.8 Å². The molecule has 6 heteroatoms. The van der Waals surface area contributed by atoms with Crippen LogP contribution < -0.4 is 0 Å². The van der Waals surface area contributed by atoms with Gasteiger partial charge < -0.3 is 14.2 Å². The highest BCUT2D eigenvalue weighted by Crippen LogP contribution is 2.67. The Bertz CT molecular complexity index is 1660. The lowest BCUT2D eigenvalue weighted by Crippen LogP contribution is -2.53. The van der Waals surface area contributed by atoms with Gasteiger partial charge in [0.2, 0.25) is 0 Å². The second kappa shape index (κ2) is 13.1. The predicted octanol–water partition coefficient (Wildman–Crippen LogP) is 9.52. The zero-order valence-electron chi connectivity index (χ0n) is 32.0. The van der Waals surface area contributed by atoms with Crippen molar-refractivity contribution in [2.24, 2.45) is 45.3 Å². The van der Waals surface area contributed by atoms with Gasteiger partial charge in [0.1, 0.15) is 11.4 Å². The topological polar surface area (TPSA) is 78.9 Å². The molecule has 0 radical (unpaired) electrons. The first kappa shape index (κ1) is 36.4. The SMILES string of the molecule is C=COC.COC1=CC2=CCC3C(=CC[C@]4(C)C(=O)CCC34)[C@@]2(C)CC1.C[C@]12CCC(=O)C=C1CCC1C2=CC[C@@]2(C)C1CC[C@]21OCCC1=O. The van der Waals surface area contributed by atoms with Crippen molar-refractivity contribution in [1.29, 1.82) is 0 Å². The zero-order valence-corrected chi connectivity index (χ0v) is 32.0. The molecule has 0 N–H and O–H groups in total. The molecular weight excluding hydrogens is 636 g/mol. The first-order valence-electron chi connectivity index (χ1n) is 19.8. The van der Waals surface area contributed by atoms with E-state index in [1.165, 1.54) is 17.4 Å². The van der Waals surface area contributed by atoms with Crippen LogP contribution in [0.3, 0.4) is 0 Å². The Morgan fingerprint density at radius 2 is 1.49 bits per heavy atom. The summed E-state index contributed by atoms with van der Waals surface area (Å²) in [6.07, 6.45) is 26.3. The van der Waals surface area contributed by atoms with Crippen LogP contribution in [0, 0.1) is 45.3 Å². The van der Waals surface area contributed by atoms with Crippen molar-refractivity contribution in [2.45, 2.75) is 123 Å². The van der Waals surface area contributed by atoms with E-state index in [-0.39, 0.29) is 21.7 Å². The van der Waals surface area contributed by atoms with E-state index < -0.39 is 5.60 Å². The highest BCUT2D eigenvalue weighted by molar-refractivity contribution is 5.92. The highest BCUT2D eigenvalue weighted by atomic mass is 16.5. The standard InChI is InChI=1S/C22H28O3.C20H26O2.C3H6O/c1-20-9-5-15(23)13-14(20)3-4-16-17(20)6-10-21(2)18(16)7-11-22(21)19(24)8-12-25-22;1-19-10-8-14(22-3)12-13(19)4-5-15-16-6-7-18(21)20(16,2)11-9-17(15)19;1-3-4-2/h6,13,16,18H,3-5,7-12H2,1-2H3;4,9,12,15-16H,5-8,10-11H2,1-3H3;3H,1H2,2H3/t16?,18?,20-,21-,22+;15?,16?,19-,20-;/m00./s1. The molecule has 8 aliphatic carbocycles. The van der Waals surface area contributed by atoms with E-state index in [1.54, 1.807) is 25.4 Å². The average molecular weight is 697 g/mol. The summed E-state index contributed by atoms with van der Waals surface area (Å²) in [7, 11) is 3.34. The zero-order chi connectivity index (χ0) is 36.4. The first-order valence-corrected chi connectivity index (χ1v) is 19.8. The molecule has 1 aliphatic heterocycles. The monoisotopic (exact) mass is 696 g/mol. The van der Waals surface area contributed by atoms with Gasteiger partial charge in [0.05, 0.1) is 32.8 Å². The summed E-state index contributed by atoms with van der Waals surface area (Å²) in [6.45, 7) is 13.2. The molecule has 0 aromatic carbocycles. The lowest BCUT2D eigenvalue weighted by atomic mass is 9.50. The van der Waals surface area contributed by atoms with E-state index in [4.69, 9.17) is 9.47 Å². The number of ether oxygens (including phenoxy) is 3. The van der Waals surface area contributed by atoms with Gasteiger partial charge in [-0.2, -0.15) is 0 Å². The molecule has 4 unspecified atom stereocenters. The summed E-state index contributed by atoms with van der Waals surface area (Å²) in [5.74, 6) is 4.50. The molecule has 276 valence electrons. The minimum Gasteiger partial charge on any atom is -0.505 e. The summed E-state index contributed by atoms with van der Waals surface area (Å²) in [5.41, 5.74) is 5.58. The minimum atomic E-state index is -0.515. The molecule has 0 aromatic rings. The Morgan fingerprint density at radius 3 is 2.20 bits per heavy atom. The van der Waals surface area contributed by atoms with Crippen LogP contribution in [0.4, 0.5) is 0 Å². The van der Waals surface area contributed by atoms with Gasteiger partial charge in [-0.15, -0.1) is 0 Å².